The molecular formula is C25H24F4N6O2. The second kappa shape index (κ2) is 9.24. The first-order valence-corrected chi connectivity index (χ1v) is 11.9. The average molecular weight is 516 g/mol. The Morgan fingerprint density at radius 3 is 2.35 bits per heavy atom. The maximum atomic E-state index is 13.6. The third-order valence-corrected chi connectivity index (χ3v) is 6.94. The highest BCUT2D eigenvalue weighted by Crippen LogP contribution is 2.35. The highest BCUT2D eigenvalue weighted by Gasteiger charge is 2.37. The normalized spacial score (nSPS) is 17.2. The number of aromatic nitrogens is 4. The van der Waals surface area contributed by atoms with Crippen molar-refractivity contribution in [1.29, 1.82) is 0 Å². The maximum absolute atomic E-state index is 13.6. The van der Waals surface area contributed by atoms with Crippen LogP contribution in [-0.4, -0.2) is 67.5 Å². The number of rotatable bonds is 4. The van der Waals surface area contributed by atoms with Crippen molar-refractivity contribution in [1.82, 2.24) is 29.5 Å². The first kappa shape index (κ1) is 24.8. The fourth-order valence-electron chi connectivity index (χ4n) is 4.73. The molecule has 3 aromatic heterocycles. The van der Waals surface area contributed by atoms with Gasteiger partial charge in [-0.05, 0) is 37.0 Å². The number of halogens is 4. The predicted molar refractivity (Wildman–Crippen MR) is 126 cm³/mol. The van der Waals surface area contributed by atoms with Gasteiger partial charge in [0.15, 0.2) is 5.83 Å². The second-order valence-electron chi connectivity index (χ2n) is 9.52. The summed E-state index contributed by atoms with van der Waals surface area (Å²) in [6, 6.07) is 3.33. The molecule has 37 heavy (non-hydrogen) atoms. The molecule has 3 aromatic rings. The van der Waals surface area contributed by atoms with Gasteiger partial charge in [-0.2, -0.15) is 18.3 Å². The van der Waals surface area contributed by atoms with Crippen LogP contribution in [0.15, 0.2) is 43.0 Å². The second-order valence-corrected chi connectivity index (χ2v) is 9.52. The Balaban J connectivity index is 1.58. The lowest BCUT2D eigenvalue weighted by molar-refractivity contribution is -0.141. The molecule has 0 aliphatic carbocycles. The Bertz CT molecular complexity index is 1370. The zero-order chi connectivity index (χ0) is 26.5. The number of piperidine rings is 1. The third-order valence-electron chi connectivity index (χ3n) is 6.94. The fraction of sp³-hybridized carbons (Fsp3) is 0.400. The predicted octanol–water partition coefficient (Wildman–Crippen LogP) is 4.25. The molecular weight excluding hydrogens is 492 g/mol. The molecule has 2 fully saturated rings. The highest BCUT2D eigenvalue weighted by atomic mass is 19.4. The first-order valence-electron chi connectivity index (χ1n) is 11.9. The van der Waals surface area contributed by atoms with E-state index in [9.17, 15) is 27.2 Å². The van der Waals surface area contributed by atoms with Crippen molar-refractivity contribution in [2.24, 2.45) is 5.92 Å². The van der Waals surface area contributed by atoms with Crippen LogP contribution < -0.4 is 0 Å². The molecule has 194 valence electrons. The number of likely N-dealkylation sites (tertiary alicyclic amines) is 2. The Morgan fingerprint density at radius 2 is 1.76 bits per heavy atom. The number of fused-ring (bicyclic) bond motifs is 1. The zero-order valence-electron chi connectivity index (χ0n) is 20.0. The lowest BCUT2D eigenvalue weighted by Gasteiger charge is -2.39. The molecule has 0 unspecified atom stereocenters. The number of hydrogen-bond acceptors (Lipinski definition) is 5. The molecule has 5 heterocycles. The van der Waals surface area contributed by atoms with Crippen LogP contribution in [0.4, 0.5) is 17.6 Å². The summed E-state index contributed by atoms with van der Waals surface area (Å²) in [7, 11) is 0. The molecule has 0 saturated carbocycles. The number of amides is 2. The van der Waals surface area contributed by atoms with Gasteiger partial charge in [-0.25, -0.2) is 4.39 Å². The average Bonchev–Trinajstić information content (AvgIpc) is 3.22. The van der Waals surface area contributed by atoms with Crippen LogP contribution in [0, 0.1) is 5.92 Å². The molecule has 0 aromatic carbocycles. The van der Waals surface area contributed by atoms with E-state index >= 15 is 0 Å². The number of carbonyl (C=O) groups is 2. The molecule has 0 radical (unpaired) electrons. The van der Waals surface area contributed by atoms with Gasteiger partial charge in [0.2, 0.25) is 0 Å². The molecule has 12 heteroatoms. The molecule has 2 saturated heterocycles. The minimum absolute atomic E-state index is 0.132. The van der Waals surface area contributed by atoms with E-state index in [0.717, 1.165) is 25.1 Å². The van der Waals surface area contributed by atoms with Crippen LogP contribution in [0.5, 0.6) is 0 Å². The molecule has 8 nitrogen and oxygen atoms in total. The van der Waals surface area contributed by atoms with E-state index in [0.29, 0.717) is 41.2 Å². The molecule has 0 spiro atoms. The third kappa shape index (κ3) is 4.56. The summed E-state index contributed by atoms with van der Waals surface area (Å²) in [4.78, 5) is 36.5. The van der Waals surface area contributed by atoms with Crippen molar-refractivity contribution < 1.29 is 27.2 Å². The molecule has 2 aliphatic heterocycles. The summed E-state index contributed by atoms with van der Waals surface area (Å²) in [5, 5.41) is 4.62. The largest absolute Gasteiger partial charge is 0.433 e. The van der Waals surface area contributed by atoms with E-state index < -0.39 is 23.6 Å². The summed E-state index contributed by atoms with van der Waals surface area (Å²) < 4.78 is 54.0. The number of alkyl halides is 3. The molecule has 2 aliphatic rings. The van der Waals surface area contributed by atoms with Crippen molar-refractivity contribution in [3.8, 4) is 11.3 Å². The van der Waals surface area contributed by atoms with E-state index in [-0.39, 0.29) is 30.7 Å². The van der Waals surface area contributed by atoms with Gasteiger partial charge in [-0.15, -0.1) is 0 Å². The standard InChI is InChI=1S/C25H24F4N6O2/c1-14-6-9-33(10-7-14)24(37)18-5-8-30-21-20(16-3-4-19(31-11-16)25(27,28)29)32-35(22(18)21)17-12-34(13-17)23(36)15(2)26/h3-5,8,11,14,17H,2,6-7,9-10,12-13H2,1H3. The molecule has 0 bridgehead atoms. The molecule has 0 atom stereocenters. The van der Waals surface area contributed by atoms with Gasteiger partial charge in [0.1, 0.15) is 22.4 Å². The van der Waals surface area contributed by atoms with Crippen LogP contribution >= 0.6 is 0 Å². The first-order chi connectivity index (χ1) is 17.5. The van der Waals surface area contributed by atoms with Gasteiger partial charge < -0.3 is 9.80 Å². The smallest absolute Gasteiger partial charge is 0.339 e. The van der Waals surface area contributed by atoms with Crippen LogP contribution in [0.2, 0.25) is 0 Å². The van der Waals surface area contributed by atoms with Crippen molar-refractivity contribution in [3.05, 3.63) is 54.3 Å². The van der Waals surface area contributed by atoms with Crippen LogP contribution in [-0.2, 0) is 11.0 Å². The Morgan fingerprint density at radius 1 is 1.05 bits per heavy atom. The van der Waals surface area contributed by atoms with E-state index in [1.807, 2.05) is 0 Å². The van der Waals surface area contributed by atoms with E-state index in [4.69, 9.17) is 0 Å². The summed E-state index contributed by atoms with van der Waals surface area (Å²) in [6.45, 7) is 6.66. The fourth-order valence-corrected chi connectivity index (χ4v) is 4.73. The van der Waals surface area contributed by atoms with Gasteiger partial charge in [0.25, 0.3) is 11.8 Å². The van der Waals surface area contributed by atoms with Crippen molar-refractivity contribution in [2.75, 3.05) is 26.2 Å². The number of nitrogens with zero attached hydrogens (tertiary/aromatic N) is 6. The number of pyridine rings is 2. The Hall–Kier alpha value is -3.83. The summed E-state index contributed by atoms with van der Waals surface area (Å²) >= 11 is 0. The highest BCUT2D eigenvalue weighted by molar-refractivity contribution is 6.07. The van der Waals surface area contributed by atoms with Crippen molar-refractivity contribution in [2.45, 2.75) is 32.0 Å². The quantitative estimate of drug-likeness (QED) is 0.383. The number of carbonyl (C=O) groups excluding carboxylic acids is 2. The lowest BCUT2D eigenvalue weighted by Crippen LogP contribution is -2.51. The molecule has 2 amide bonds. The zero-order valence-corrected chi connectivity index (χ0v) is 20.0. The van der Waals surface area contributed by atoms with E-state index in [2.05, 4.69) is 28.6 Å². The Labute approximate surface area is 209 Å². The van der Waals surface area contributed by atoms with Crippen LogP contribution in [0.1, 0.15) is 41.9 Å². The van der Waals surface area contributed by atoms with E-state index in [1.165, 1.54) is 17.2 Å². The van der Waals surface area contributed by atoms with Crippen LogP contribution in [0.25, 0.3) is 22.3 Å². The van der Waals surface area contributed by atoms with Crippen molar-refractivity contribution >= 4 is 22.8 Å². The maximum Gasteiger partial charge on any atom is 0.433 e. The van der Waals surface area contributed by atoms with Gasteiger partial charge in [0, 0.05) is 44.1 Å². The van der Waals surface area contributed by atoms with Gasteiger partial charge in [0.05, 0.1) is 11.6 Å². The van der Waals surface area contributed by atoms with E-state index in [1.54, 1.807) is 15.6 Å². The summed E-state index contributed by atoms with van der Waals surface area (Å²) in [6.07, 6.45) is -0.283. The van der Waals surface area contributed by atoms with Gasteiger partial charge in [-0.1, -0.05) is 13.5 Å². The summed E-state index contributed by atoms with van der Waals surface area (Å²) in [5.74, 6) is -1.56. The minimum Gasteiger partial charge on any atom is -0.339 e. The van der Waals surface area contributed by atoms with Crippen molar-refractivity contribution in [3.63, 3.8) is 0 Å². The molecule has 0 N–H and O–H groups in total. The van der Waals surface area contributed by atoms with Gasteiger partial charge in [-0.3, -0.25) is 24.2 Å². The Kier molecular flexibility index (Phi) is 6.20. The van der Waals surface area contributed by atoms with Crippen LogP contribution in [0.3, 0.4) is 0 Å². The minimum atomic E-state index is -4.59. The monoisotopic (exact) mass is 516 g/mol. The van der Waals surface area contributed by atoms with Gasteiger partial charge >= 0.3 is 6.18 Å². The summed E-state index contributed by atoms with van der Waals surface area (Å²) in [5.41, 5.74) is 0.623. The lowest BCUT2D eigenvalue weighted by atomic mass is 9.98. The molecule has 5 rings (SSSR count). The topological polar surface area (TPSA) is 84.2 Å². The SMILES string of the molecule is C=C(F)C(=O)N1CC(n2nc(-c3ccc(C(F)(F)F)nc3)c3nccc(C(=O)N4CCC(C)CC4)c32)C1. The number of hydrogen-bond donors (Lipinski definition) is 0.